The number of benzene rings is 3. The van der Waals surface area contributed by atoms with Gasteiger partial charge in [-0.3, -0.25) is 13.9 Å². The Bertz CT molecular complexity index is 1470. The van der Waals surface area contributed by atoms with Gasteiger partial charge in [-0.15, -0.1) is 0 Å². The SMILES string of the molecule is COc1cccc(CN(C(=O)CN(c2ccc(C(C)C)cc2)S(C)(=O)=O)C(Cc2ccccc2)C(=O)NC2CCCC2)c1. The fraction of sp³-hybridized carbons (Fsp3) is 0.412. The number of hydrogen-bond donors (Lipinski definition) is 1. The van der Waals surface area contributed by atoms with E-state index in [9.17, 15) is 18.0 Å². The zero-order chi connectivity index (χ0) is 31.0. The van der Waals surface area contributed by atoms with Gasteiger partial charge >= 0.3 is 0 Å². The third kappa shape index (κ3) is 8.83. The van der Waals surface area contributed by atoms with E-state index in [2.05, 4.69) is 19.2 Å². The summed E-state index contributed by atoms with van der Waals surface area (Å²) in [5.74, 6) is 0.198. The smallest absolute Gasteiger partial charge is 0.244 e. The number of amides is 2. The van der Waals surface area contributed by atoms with Crippen molar-refractivity contribution in [3.8, 4) is 5.75 Å². The van der Waals surface area contributed by atoms with Gasteiger partial charge < -0.3 is 15.0 Å². The van der Waals surface area contributed by atoms with Crippen LogP contribution in [0, 0.1) is 0 Å². The minimum Gasteiger partial charge on any atom is -0.497 e. The van der Waals surface area contributed by atoms with E-state index in [0.29, 0.717) is 11.4 Å². The van der Waals surface area contributed by atoms with Crippen molar-refractivity contribution >= 4 is 27.5 Å². The van der Waals surface area contributed by atoms with Crippen LogP contribution in [0.5, 0.6) is 5.75 Å². The monoisotopic (exact) mass is 605 g/mol. The second-order valence-corrected chi connectivity index (χ2v) is 13.5. The molecule has 230 valence electrons. The fourth-order valence-electron chi connectivity index (χ4n) is 5.53. The van der Waals surface area contributed by atoms with Crippen molar-refractivity contribution in [2.75, 3.05) is 24.2 Å². The van der Waals surface area contributed by atoms with Gasteiger partial charge in [0, 0.05) is 19.0 Å². The zero-order valence-electron chi connectivity index (χ0n) is 25.5. The van der Waals surface area contributed by atoms with Gasteiger partial charge in [0.15, 0.2) is 0 Å². The van der Waals surface area contributed by atoms with Gasteiger partial charge in [-0.25, -0.2) is 8.42 Å². The minimum atomic E-state index is -3.82. The molecule has 3 aromatic rings. The fourth-order valence-corrected chi connectivity index (χ4v) is 6.38. The highest BCUT2D eigenvalue weighted by Crippen LogP contribution is 2.25. The third-order valence-electron chi connectivity index (χ3n) is 7.99. The first kappa shape index (κ1) is 32.1. The van der Waals surface area contributed by atoms with E-state index >= 15 is 0 Å². The van der Waals surface area contributed by atoms with Gasteiger partial charge in [0.1, 0.15) is 18.3 Å². The van der Waals surface area contributed by atoms with Crippen molar-refractivity contribution in [3.05, 3.63) is 95.6 Å². The lowest BCUT2D eigenvalue weighted by Gasteiger charge is -2.34. The van der Waals surface area contributed by atoms with Crippen molar-refractivity contribution in [2.24, 2.45) is 0 Å². The van der Waals surface area contributed by atoms with Crippen LogP contribution in [0.4, 0.5) is 5.69 Å². The van der Waals surface area contributed by atoms with Gasteiger partial charge in [-0.05, 0) is 59.7 Å². The van der Waals surface area contributed by atoms with Crippen LogP contribution in [-0.2, 0) is 32.6 Å². The Morgan fingerprint density at radius 1 is 0.930 bits per heavy atom. The largest absolute Gasteiger partial charge is 0.497 e. The molecule has 0 radical (unpaired) electrons. The number of methoxy groups -OCH3 is 1. The molecule has 1 aliphatic carbocycles. The van der Waals surface area contributed by atoms with E-state index in [1.165, 1.54) is 4.90 Å². The van der Waals surface area contributed by atoms with Gasteiger partial charge in [0.05, 0.1) is 19.1 Å². The molecular weight excluding hydrogens is 562 g/mol. The number of hydrogen-bond acceptors (Lipinski definition) is 5. The van der Waals surface area contributed by atoms with E-state index in [4.69, 9.17) is 4.74 Å². The number of carbonyl (C=O) groups is 2. The summed E-state index contributed by atoms with van der Waals surface area (Å²) in [5, 5.41) is 3.19. The highest BCUT2D eigenvalue weighted by molar-refractivity contribution is 7.92. The number of sulfonamides is 1. The molecule has 0 aromatic heterocycles. The molecule has 0 spiro atoms. The molecule has 1 saturated carbocycles. The molecule has 0 heterocycles. The van der Waals surface area contributed by atoms with Crippen LogP contribution >= 0.6 is 0 Å². The second-order valence-electron chi connectivity index (χ2n) is 11.6. The highest BCUT2D eigenvalue weighted by atomic mass is 32.2. The Kier molecular flexibility index (Phi) is 10.9. The molecule has 1 N–H and O–H groups in total. The maximum Gasteiger partial charge on any atom is 0.244 e. The average Bonchev–Trinajstić information content (AvgIpc) is 3.50. The first-order valence-electron chi connectivity index (χ1n) is 14.9. The Morgan fingerprint density at radius 2 is 1.58 bits per heavy atom. The molecule has 3 aromatic carbocycles. The van der Waals surface area contributed by atoms with E-state index < -0.39 is 28.5 Å². The molecule has 0 saturated heterocycles. The topological polar surface area (TPSA) is 96.0 Å². The van der Waals surface area contributed by atoms with Crippen molar-refractivity contribution in [3.63, 3.8) is 0 Å². The summed E-state index contributed by atoms with van der Waals surface area (Å²) in [6.07, 6.45) is 5.30. The lowest BCUT2D eigenvalue weighted by Crippen LogP contribution is -2.54. The Balaban J connectivity index is 1.72. The third-order valence-corrected chi connectivity index (χ3v) is 9.13. The van der Waals surface area contributed by atoms with Gasteiger partial charge in [0.2, 0.25) is 21.8 Å². The molecule has 1 atom stereocenters. The summed E-state index contributed by atoms with van der Waals surface area (Å²) in [7, 11) is -2.25. The van der Waals surface area contributed by atoms with Crippen LogP contribution in [0.3, 0.4) is 0 Å². The Hall–Kier alpha value is -3.85. The molecule has 1 unspecified atom stereocenters. The summed E-state index contributed by atoms with van der Waals surface area (Å²) in [4.78, 5) is 29.8. The summed E-state index contributed by atoms with van der Waals surface area (Å²) in [5.41, 5.74) is 3.14. The van der Waals surface area contributed by atoms with Crippen molar-refractivity contribution in [1.82, 2.24) is 10.2 Å². The van der Waals surface area contributed by atoms with E-state index in [1.54, 1.807) is 19.2 Å². The van der Waals surface area contributed by atoms with Crippen LogP contribution in [0.2, 0.25) is 0 Å². The molecule has 43 heavy (non-hydrogen) atoms. The quantitative estimate of drug-likeness (QED) is 0.286. The number of nitrogens with zero attached hydrogens (tertiary/aromatic N) is 2. The van der Waals surface area contributed by atoms with Crippen molar-refractivity contribution < 1.29 is 22.7 Å². The average molecular weight is 606 g/mol. The number of rotatable bonds is 13. The number of nitrogens with one attached hydrogen (secondary N) is 1. The lowest BCUT2D eigenvalue weighted by molar-refractivity contribution is -0.140. The molecular formula is C34H43N3O5S. The molecule has 4 rings (SSSR count). The van der Waals surface area contributed by atoms with E-state index in [1.807, 2.05) is 66.7 Å². The highest BCUT2D eigenvalue weighted by Gasteiger charge is 2.34. The maximum absolute atomic E-state index is 14.3. The summed E-state index contributed by atoms with van der Waals surface area (Å²) in [6.45, 7) is 3.79. The number of anilines is 1. The summed E-state index contributed by atoms with van der Waals surface area (Å²) >= 11 is 0. The van der Waals surface area contributed by atoms with Gasteiger partial charge in [-0.2, -0.15) is 0 Å². The van der Waals surface area contributed by atoms with Gasteiger partial charge in [-0.1, -0.05) is 81.3 Å². The Labute approximate surface area is 256 Å². The first-order valence-corrected chi connectivity index (χ1v) is 16.7. The summed E-state index contributed by atoms with van der Waals surface area (Å²) in [6, 6.07) is 23.3. The molecule has 2 amide bonds. The maximum atomic E-state index is 14.3. The molecule has 1 aliphatic rings. The second kappa shape index (κ2) is 14.6. The van der Waals surface area contributed by atoms with Gasteiger partial charge in [0.25, 0.3) is 0 Å². The molecule has 9 heteroatoms. The predicted octanol–water partition coefficient (Wildman–Crippen LogP) is 5.28. The van der Waals surface area contributed by atoms with E-state index in [-0.39, 0.29) is 30.8 Å². The van der Waals surface area contributed by atoms with Crippen LogP contribution < -0.4 is 14.4 Å². The van der Waals surface area contributed by atoms with Crippen molar-refractivity contribution in [2.45, 2.75) is 70.5 Å². The molecule has 0 aliphatic heterocycles. The standard InChI is InChI=1S/C34H43N3O5S/c1-25(2)28-17-19-30(20-18-28)37(43(4,40)41)24-33(38)36(23-27-13-10-16-31(21-27)42-3)32(22-26-11-6-5-7-12-26)34(39)35-29-14-8-9-15-29/h5-7,10-13,16-21,25,29,32H,8-9,14-15,22-24H2,1-4H3,(H,35,39). The summed E-state index contributed by atoms with van der Waals surface area (Å²) < 4.78 is 32.6. The Morgan fingerprint density at radius 3 is 2.19 bits per heavy atom. The molecule has 1 fully saturated rings. The minimum absolute atomic E-state index is 0.0616. The van der Waals surface area contributed by atoms with Crippen LogP contribution in [0.25, 0.3) is 0 Å². The molecule has 0 bridgehead atoms. The lowest BCUT2D eigenvalue weighted by atomic mass is 10.0. The normalized spacial score (nSPS) is 14.3. The van der Waals surface area contributed by atoms with Crippen molar-refractivity contribution in [1.29, 1.82) is 0 Å². The zero-order valence-corrected chi connectivity index (χ0v) is 26.3. The van der Waals surface area contributed by atoms with Crippen LogP contribution in [0.15, 0.2) is 78.9 Å². The number of ether oxygens (including phenoxy) is 1. The predicted molar refractivity (Wildman–Crippen MR) is 171 cm³/mol. The first-order chi connectivity index (χ1) is 20.5. The van der Waals surface area contributed by atoms with Crippen LogP contribution in [-0.4, -0.2) is 57.1 Å². The van der Waals surface area contributed by atoms with E-state index in [0.717, 1.165) is 52.9 Å². The molecule has 8 nitrogen and oxygen atoms in total. The van der Waals surface area contributed by atoms with Crippen LogP contribution in [0.1, 0.15) is 62.1 Å². The number of carbonyl (C=O) groups excluding carboxylic acids is 2.